The van der Waals surface area contributed by atoms with Crippen molar-refractivity contribution in [2.24, 2.45) is 0 Å². The average molecular weight is 265 g/mol. The smallest absolute Gasteiger partial charge is 0.212 e. The van der Waals surface area contributed by atoms with Gasteiger partial charge in [0.25, 0.3) is 0 Å². The van der Waals surface area contributed by atoms with Crippen LogP contribution in [0.4, 0.5) is 4.39 Å². The van der Waals surface area contributed by atoms with E-state index in [1.807, 2.05) is 6.07 Å². The molecular weight excluding hydrogens is 251 g/mol. The molecule has 0 unspecified atom stereocenters. The molecule has 4 heteroatoms. The summed E-state index contributed by atoms with van der Waals surface area (Å²) in [6.07, 6.45) is 3.16. The summed E-state index contributed by atoms with van der Waals surface area (Å²) in [5.74, 6) is -0.505. The van der Waals surface area contributed by atoms with Crippen molar-refractivity contribution in [1.82, 2.24) is 9.97 Å². The molecule has 2 heterocycles. The molecule has 0 aliphatic carbocycles. The van der Waals surface area contributed by atoms with Crippen LogP contribution in [0.2, 0.25) is 5.02 Å². The van der Waals surface area contributed by atoms with Crippen molar-refractivity contribution in [2.45, 2.75) is 26.2 Å². The van der Waals surface area contributed by atoms with Crippen LogP contribution in [0.3, 0.4) is 0 Å². The van der Waals surface area contributed by atoms with Crippen LogP contribution < -0.4 is 0 Å². The van der Waals surface area contributed by atoms with Crippen molar-refractivity contribution in [3.8, 4) is 11.1 Å². The third-order valence-electron chi connectivity index (χ3n) is 2.66. The van der Waals surface area contributed by atoms with E-state index in [0.29, 0.717) is 5.02 Å². The summed E-state index contributed by atoms with van der Waals surface area (Å²) in [5, 5.41) is 0.600. The monoisotopic (exact) mass is 264 g/mol. The average Bonchev–Trinajstić information content (AvgIpc) is 2.29. The third kappa shape index (κ3) is 2.67. The fourth-order valence-corrected chi connectivity index (χ4v) is 1.85. The fraction of sp³-hybridized carbons (Fsp3) is 0.286. The normalized spacial score (nSPS) is 11.6. The third-order valence-corrected chi connectivity index (χ3v) is 2.97. The minimum absolute atomic E-state index is 0.0524. The highest BCUT2D eigenvalue weighted by molar-refractivity contribution is 6.33. The van der Waals surface area contributed by atoms with Crippen molar-refractivity contribution in [1.29, 1.82) is 0 Å². The predicted molar refractivity (Wildman–Crippen MR) is 71.1 cm³/mol. The lowest BCUT2D eigenvalue weighted by Crippen LogP contribution is -2.13. The quantitative estimate of drug-likeness (QED) is 0.720. The molecule has 0 bridgehead atoms. The van der Waals surface area contributed by atoms with Gasteiger partial charge in [-0.05, 0) is 18.2 Å². The van der Waals surface area contributed by atoms with E-state index in [1.54, 1.807) is 12.3 Å². The van der Waals surface area contributed by atoms with Gasteiger partial charge in [-0.15, -0.1) is 0 Å². The number of hydrogen-bond donors (Lipinski definition) is 0. The molecule has 0 spiro atoms. The Balaban J connectivity index is 2.45. The summed E-state index contributed by atoms with van der Waals surface area (Å²) in [7, 11) is 0. The minimum Gasteiger partial charge on any atom is -0.260 e. The molecule has 0 N–H and O–H groups in total. The van der Waals surface area contributed by atoms with Gasteiger partial charge >= 0.3 is 0 Å². The van der Waals surface area contributed by atoms with Crippen molar-refractivity contribution in [2.75, 3.05) is 0 Å². The molecule has 0 aliphatic rings. The summed E-state index contributed by atoms with van der Waals surface area (Å²) in [6.45, 7) is 6.22. The predicted octanol–water partition coefficient (Wildman–Crippen LogP) is 4.23. The lowest BCUT2D eigenvalue weighted by molar-refractivity contribution is 0.569. The first-order valence-corrected chi connectivity index (χ1v) is 6.03. The lowest BCUT2D eigenvalue weighted by Gasteiger charge is -2.18. The molecule has 2 nitrogen and oxygen atoms in total. The fourth-order valence-electron chi connectivity index (χ4n) is 1.59. The highest BCUT2D eigenvalue weighted by Gasteiger charge is 2.17. The number of hydrogen-bond acceptors (Lipinski definition) is 2. The van der Waals surface area contributed by atoms with E-state index in [9.17, 15) is 4.39 Å². The van der Waals surface area contributed by atoms with Crippen LogP contribution in [-0.2, 0) is 5.41 Å². The van der Waals surface area contributed by atoms with Gasteiger partial charge in [0.15, 0.2) is 0 Å². The standard InChI is InChI=1S/C14H14ClFN2/c1-14(2,3)12-6-11(15)10(8-17-12)9-4-5-13(16)18-7-9/h4-8H,1-3H3. The van der Waals surface area contributed by atoms with E-state index in [2.05, 4.69) is 30.7 Å². The molecule has 94 valence electrons. The van der Waals surface area contributed by atoms with Crippen LogP contribution in [0, 0.1) is 5.95 Å². The lowest BCUT2D eigenvalue weighted by atomic mass is 9.91. The van der Waals surface area contributed by atoms with E-state index >= 15 is 0 Å². The Morgan fingerprint density at radius 1 is 1.11 bits per heavy atom. The highest BCUT2D eigenvalue weighted by Crippen LogP contribution is 2.30. The van der Waals surface area contributed by atoms with Crippen LogP contribution in [-0.4, -0.2) is 9.97 Å². The molecule has 0 amide bonds. The number of aromatic nitrogens is 2. The molecule has 0 aromatic carbocycles. The molecule has 0 atom stereocenters. The number of halogens is 2. The molecule has 0 aliphatic heterocycles. The molecule has 2 aromatic rings. The van der Waals surface area contributed by atoms with Crippen LogP contribution in [0.5, 0.6) is 0 Å². The Hall–Kier alpha value is -1.48. The van der Waals surface area contributed by atoms with Crippen molar-refractivity contribution in [3.63, 3.8) is 0 Å². The van der Waals surface area contributed by atoms with Crippen LogP contribution >= 0.6 is 11.6 Å². The van der Waals surface area contributed by atoms with E-state index < -0.39 is 5.95 Å². The Kier molecular flexibility index (Phi) is 3.35. The largest absolute Gasteiger partial charge is 0.260 e. The number of pyridine rings is 2. The molecule has 0 saturated carbocycles. The van der Waals surface area contributed by atoms with E-state index in [-0.39, 0.29) is 5.41 Å². The van der Waals surface area contributed by atoms with E-state index in [4.69, 9.17) is 11.6 Å². The van der Waals surface area contributed by atoms with Gasteiger partial charge < -0.3 is 0 Å². The van der Waals surface area contributed by atoms with E-state index in [0.717, 1.165) is 16.8 Å². The zero-order chi connectivity index (χ0) is 13.3. The van der Waals surface area contributed by atoms with Gasteiger partial charge in [-0.25, -0.2) is 4.98 Å². The van der Waals surface area contributed by atoms with Gasteiger partial charge in [-0.1, -0.05) is 32.4 Å². The van der Waals surface area contributed by atoms with Gasteiger partial charge in [0.05, 0.1) is 5.02 Å². The Morgan fingerprint density at radius 2 is 1.83 bits per heavy atom. The first kappa shape index (κ1) is 13.0. The van der Waals surface area contributed by atoms with Crippen molar-refractivity contribution in [3.05, 3.63) is 47.3 Å². The van der Waals surface area contributed by atoms with Crippen LogP contribution in [0.15, 0.2) is 30.6 Å². The maximum Gasteiger partial charge on any atom is 0.212 e. The van der Waals surface area contributed by atoms with Crippen molar-refractivity contribution < 1.29 is 4.39 Å². The van der Waals surface area contributed by atoms with Crippen LogP contribution in [0.1, 0.15) is 26.5 Å². The molecular formula is C14H14ClFN2. The maximum atomic E-state index is 12.8. The Morgan fingerprint density at radius 3 is 2.33 bits per heavy atom. The molecule has 2 rings (SSSR count). The molecule has 0 fully saturated rings. The summed E-state index contributed by atoms with van der Waals surface area (Å²) < 4.78 is 12.8. The van der Waals surface area contributed by atoms with Gasteiger partial charge in [-0.2, -0.15) is 4.39 Å². The zero-order valence-electron chi connectivity index (χ0n) is 10.5. The van der Waals surface area contributed by atoms with E-state index in [1.165, 1.54) is 12.3 Å². The van der Waals surface area contributed by atoms with Gasteiger partial charge in [0.2, 0.25) is 5.95 Å². The zero-order valence-corrected chi connectivity index (χ0v) is 11.3. The van der Waals surface area contributed by atoms with Gasteiger partial charge in [0.1, 0.15) is 0 Å². The summed E-state index contributed by atoms with van der Waals surface area (Å²) in [4.78, 5) is 8.02. The second kappa shape index (κ2) is 4.65. The molecule has 0 saturated heterocycles. The summed E-state index contributed by atoms with van der Waals surface area (Å²) in [6, 6.07) is 4.80. The molecule has 2 aromatic heterocycles. The van der Waals surface area contributed by atoms with Crippen LogP contribution in [0.25, 0.3) is 11.1 Å². The second-order valence-corrected chi connectivity index (χ2v) is 5.58. The van der Waals surface area contributed by atoms with Gasteiger partial charge in [-0.3, -0.25) is 4.98 Å². The first-order chi connectivity index (χ1) is 8.38. The molecule has 0 radical (unpaired) electrons. The maximum absolute atomic E-state index is 12.8. The SMILES string of the molecule is CC(C)(C)c1cc(Cl)c(-c2ccc(F)nc2)cn1. The topological polar surface area (TPSA) is 25.8 Å². The first-order valence-electron chi connectivity index (χ1n) is 5.66. The number of rotatable bonds is 1. The molecule has 18 heavy (non-hydrogen) atoms. The summed E-state index contributed by atoms with van der Waals surface area (Å²) in [5.41, 5.74) is 2.39. The van der Waals surface area contributed by atoms with Crippen molar-refractivity contribution >= 4 is 11.6 Å². The minimum atomic E-state index is -0.505. The van der Waals surface area contributed by atoms with Gasteiger partial charge in [0, 0.05) is 34.6 Å². The summed E-state index contributed by atoms with van der Waals surface area (Å²) >= 11 is 6.25. The Bertz CT molecular complexity index is 559. The highest BCUT2D eigenvalue weighted by atomic mass is 35.5. The number of nitrogens with zero attached hydrogens (tertiary/aromatic N) is 2. The second-order valence-electron chi connectivity index (χ2n) is 5.17. The Labute approximate surface area is 111 Å².